The van der Waals surface area contributed by atoms with E-state index in [4.69, 9.17) is 21.8 Å². The van der Waals surface area contributed by atoms with Crippen molar-refractivity contribution in [1.82, 2.24) is 0 Å². The number of carboxylic acids is 1. The molecular formula is C17H33ClO3. The van der Waals surface area contributed by atoms with Crippen molar-refractivity contribution in [2.75, 3.05) is 5.88 Å². The molecule has 0 saturated carbocycles. The molecule has 0 bridgehead atoms. The van der Waals surface area contributed by atoms with Crippen LogP contribution in [0.4, 0.5) is 0 Å². The zero-order valence-electron chi connectivity index (χ0n) is 13.4. The number of rotatable bonds is 16. The number of alkyl halides is 1. The molecule has 0 spiro atoms. The van der Waals surface area contributed by atoms with Crippen LogP contribution in [0.2, 0.25) is 0 Å². The number of hydrogen-bond donors (Lipinski definition) is 2. The van der Waals surface area contributed by atoms with Crippen LogP contribution in [0.1, 0.15) is 89.9 Å². The van der Waals surface area contributed by atoms with E-state index in [1.54, 1.807) is 0 Å². The van der Waals surface area contributed by atoms with Crippen LogP contribution < -0.4 is 0 Å². The zero-order valence-corrected chi connectivity index (χ0v) is 14.1. The molecule has 4 heteroatoms. The van der Waals surface area contributed by atoms with Gasteiger partial charge >= 0.3 is 5.97 Å². The predicted octanol–water partition coefficient (Wildman–Crippen LogP) is 5.13. The Morgan fingerprint density at radius 3 is 1.38 bits per heavy atom. The van der Waals surface area contributed by atoms with Gasteiger partial charge in [-0.05, 0) is 12.8 Å². The summed E-state index contributed by atoms with van der Waals surface area (Å²) < 4.78 is 0. The van der Waals surface area contributed by atoms with Gasteiger partial charge in [-0.2, -0.15) is 0 Å². The molecule has 0 radical (unpaired) electrons. The second-order valence-corrected chi connectivity index (χ2v) is 6.31. The van der Waals surface area contributed by atoms with Gasteiger partial charge in [0.05, 0.1) is 0 Å². The molecule has 0 amide bonds. The van der Waals surface area contributed by atoms with Crippen LogP contribution in [0.25, 0.3) is 0 Å². The van der Waals surface area contributed by atoms with Gasteiger partial charge in [-0.25, -0.2) is 4.79 Å². The smallest absolute Gasteiger partial charge is 0.332 e. The molecule has 0 aromatic heterocycles. The molecule has 2 N–H and O–H groups in total. The Morgan fingerprint density at radius 2 is 1.05 bits per heavy atom. The van der Waals surface area contributed by atoms with Crippen molar-refractivity contribution in [2.24, 2.45) is 0 Å². The maximum atomic E-state index is 10.4. The summed E-state index contributed by atoms with van der Waals surface area (Å²) in [5.41, 5.74) is 0. The van der Waals surface area contributed by atoms with Crippen molar-refractivity contribution in [3.63, 3.8) is 0 Å². The van der Waals surface area contributed by atoms with E-state index in [1.165, 1.54) is 57.8 Å². The molecule has 0 aliphatic carbocycles. The van der Waals surface area contributed by atoms with Crippen molar-refractivity contribution in [3.05, 3.63) is 0 Å². The first kappa shape index (κ1) is 20.7. The van der Waals surface area contributed by atoms with Crippen LogP contribution >= 0.6 is 11.6 Å². The summed E-state index contributed by atoms with van der Waals surface area (Å²) in [5.74, 6) is -0.299. The van der Waals surface area contributed by atoms with E-state index in [9.17, 15) is 4.79 Å². The highest BCUT2D eigenvalue weighted by atomic mass is 35.5. The maximum Gasteiger partial charge on any atom is 0.332 e. The topological polar surface area (TPSA) is 57.5 Å². The van der Waals surface area contributed by atoms with Gasteiger partial charge in [0.25, 0.3) is 0 Å². The highest BCUT2D eigenvalue weighted by molar-refractivity contribution is 6.17. The maximum absolute atomic E-state index is 10.4. The Morgan fingerprint density at radius 1 is 0.714 bits per heavy atom. The second-order valence-electron chi connectivity index (χ2n) is 5.93. The molecule has 0 aromatic carbocycles. The van der Waals surface area contributed by atoms with Gasteiger partial charge in [-0.1, -0.05) is 77.0 Å². The molecule has 0 heterocycles. The highest BCUT2D eigenvalue weighted by Crippen LogP contribution is 2.13. The molecule has 1 atom stereocenters. The fourth-order valence-corrected chi connectivity index (χ4v) is 2.69. The minimum Gasteiger partial charge on any atom is -0.479 e. The number of carboxylic acid groups (broad SMARTS) is 1. The molecular weight excluding hydrogens is 288 g/mol. The van der Waals surface area contributed by atoms with Crippen molar-refractivity contribution < 1.29 is 15.0 Å². The molecule has 0 rings (SSSR count). The van der Waals surface area contributed by atoms with E-state index in [1.807, 2.05) is 0 Å². The lowest BCUT2D eigenvalue weighted by Crippen LogP contribution is -2.18. The van der Waals surface area contributed by atoms with Crippen LogP contribution in [0.15, 0.2) is 0 Å². The van der Waals surface area contributed by atoms with E-state index in [-0.39, 0.29) is 0 Å². The largest absolute Gasteiger partial charge is 0.479 e. The van der Waals surface area contributed by atoms with Crippen LogP contribution in [0, 0.1) is 0 Å². The Kier molecular flexibility index (Phi) is 15.9. The minimum atomic E-state index is -1.17. The molecule has 0 aromatic rings. The number of aliphatic hydroxyl groups excluding tert-OH is 1. The van der Waals surface area contributed by atoms with Gasteiger partial charge in [-0.15, -0.1) is 11.6 Å². The lowest BCUT2D eigenvalue weighted by atomic mass is 10.0. The average molecular weight is 321 g/mol. The third-order valence-corrected chi connectivity index (χ3v) is 4.16. The van der Waals surface area contributed by atoms with Crippen LogP contribution in [-0.4, -0.2) is 28.2 Å². The molecule has 126 valence electrons. The normalized spacial score (nSPS) is 12.5. The summed E-state index contributed by atoms with van der Waals surface area (Å²) in [6.45, 7) is 0. The number of halogens is 1. The van der Waals surface area contributed by atoms with Crippen molar-refractivity contribution >= 4 is 17.6 Å². The Balaban J connectivity index is 3.04. The first-order valence-electron chi connectivity index (χ1n) is 8.65. The monoisotopic (exact) mass is 320 g/mol. The third-order valence-electron chi connectivity index (χ3n) is 3.90. The summed E-state index contributed by atoms with van der Waals surface area (Å²) >= 11 is 5.63. The van der Waals surface area contributed by atoms with E-state index in [2.05, 4.69) is 0 Å². The van der Waals surface area contributed by atoms with E-state index in [0.717, 1.165) is 31.6 Å². The number of aliphatic hydroxyl groups is 1. The molecule has 0 saturated heterocycles. The van der Waals surface area contributed by atoms with Gasteiger partial charge in [-0.3, -0.25) is 0 Å². The first-order chi connectivity index (χ1) is 10.2. The molecule has 3 nitrogen and oxygen atoms in total. The van der Waals surface area contributed by atoms with Gasteiger partial charge in [0.2, 0.25) is 0 Å². The minimum absolute atomic E-state index is 0.388. The van der Waals surface area contributed by atoms with Gasteiger partial charge in [0.1, 0.15) is 0 Å². The van der Waals surface area contributed by atoms with Crippen LogP contribution in [-0.2, 0) is 4.79 Å². The number of hydrogen-bond acceptors (Lipinski definition) is 2. The predicted molar refractivity (Wildman–Crippen MR) is 89.0 cm³/mol. The quantitative estimate of drug-likeness (QED) is 0.306. The number of unbranched alkanes of at least 4 members (excludes halogenated alkanes) is 12. The Bertz CT molecular complexity index is 234. The zero-order chi connectivity index (χ0) is 15.8. The average Bonchev–Trinajstić information content (AvgIpc) is 2.47. The SMILES string of the molecule is O=C(O)C(O)CCCCCCCCCCCCCCCCl. The molecule has 1 unspecified atom stereocenters. The molecule has 21 heavy (non-hydrogen) atoms. The number of carbonyl (C=O) groups is 1. The van der Waals surface area contributed by atoms with Crippen LogP contribution in [0.5, 0.6) is 0 Å². The Hall–Kier alpha value is -0.280. The van der Waals surface area contributed by atoms with Gasteiger partial charge < -0.3 is 10.2 Å². The van der Waals surface area contributed by atoms with Gasteiger partial charge in [0.15, 0.2) is 6.10 Å². The fourth-order valence-electron chi connectivity index (χ4n) is 2.50. The Labute approximate surface area is 135 Å². The van der Waals surface area contributed by atoms with Crippen molar-refractivity contribution in [3.8, 4) is 0 Å². The standard InChI is InChI=1S/C17H33ClO3/c18-15-13-11-9-7-5-3-1-2-4-6-8-10-12-14-16(19)17(20)21/h16,19H,1-15H2,(H,20,21). The summed E-state index contributed by atoms with van der Waals surface area (Å²) in [5, 5.41) is 17.6. The molecule has 0 aliphatic rings. The molecule has 0 fully saturated rings. The third kappa shape index (κ3) is 15.9. The first-order valence-corrected chi connectivity index (χ1v) is 9.18. The fraction of sp³-hybridized carbons (Fsp3) is 0.941. The summed E-state index contributed by atoms with van der Waals surface area (Å²) in [6.07, 6.45) is 15.2. The number of aliphatic carboxylic acids is 1. The van der Waals surface area contributed by atoms with E-state index < -0.39 is 12.1 Å². The van der Waals surface area contributed by atoms with E-state index >= 15 is 0 Å². The van der Waals surface area contributed by atoms with Gasteiger partial charge in [0, 0.05) is 5.88 Å². The second kappa shape index (κ2) is 16.1. The highest BCUT2D eigenvalue weighted by Gasteiger charge is 2.11. The molecule has 0 aliphatic heterocycles. The van der Waals surface area contributed by atoms with Crippen LogP contribution in [0.3, 0.4) is 0 Å². The summed E-state index contributed by atoms with van der Waals surface area (Å²) in [6, 6.07) is 0. The van der Waals surface area contributed by atoms with Crippen molar-refractivity contribution in [1.29, 1.82) is 0 Å². The lowest BCUT2D eigenvalue weighted by molar-refractivity contribution is -0.146. The lowest BCUT2D eigenvalue weighted by Gasteiger charge is -2.05. The van der Waals surface area contributed by atoms with Crippen molar-refractivity contribution in [2.45, 2.75) is 96.0 Å². The summed E-state index contributed by atoms with van der Waals surface area (Å²) in [7, 11) is 0. The summed E-state index contributed by atoms with van der Waals surface area (Å²) in [4.78, 5) is 10.4. The van der Waals surface area contributed by atoms with E-state index in [0.29, 0.717) is 6.42 Å².